The summed E-state index contributed by atoms with van der Waals surface area (Å²) in [5.74, 6) is 0.379. The third-order valence-corrected chi connectivity index (χ3v) is 3.71. The van der Waals surface area contributed by atoms with Gasteiger partial charge in [-0.2, -0.15) is 0 Å². The van der Waals surface area contributed by atoms with Gasteiger partial charge in [-0.15, -0.1) is 0 Å². The molecule has 2 amide bonds. The minimum absolute atomic E-state index is 0.0342. The molecule has 1 fully saturated rings. The van der Waals surface area contributed by atoms with Crippen LogP contribution in [-0.4, -0.2) is 54.4 Å². The molecule has 21 heavy (non-hydrogen) atoms. The van der Waals surface area contributed by atoms with Gasteiger partial charge in [0.05, 0.1) is 0 Å². The Morgan fingerprint density at radius 2 is 1.57 bits per heavy atom. The van der Waals surface area contributed by atoms with E-state index in [0.717, 1.165) is 0 Å². The summed E-state index contributed by atoms with van der Waals surface area (Å²) in [6.07, 6.45) is 0. The molecule has 0 saturated carbocycles. The number of carbonyl (C=O) groups excluding carboxylic acids is 2. The van der Waals surface area contributed by atoms with E-state index in [1.807, 2.05) is 0 Å². The van der Waals surface area contributed by atoms with Gasteiger partial charge < -0.3 is 14.5 Å². The molecule has 2 rings (SSSR count). The Balaban J connectivity index is 1.84. The standard InChI is InChI=1S/C14H16Cl2N2O3/c1-10(19)17-2-4-18(5-3-17)14(20)9-21-13-7-11(15)6-12(16)8-13/h6-8H,2-5,9H2,1H3. The lowest BCUT2D eigenvalue weighted by molar-refractivity contribution is -0.139. The zero-order chi connectivity index (χ0) is 15.4. The Labute approximate surface area is 133 Å². The van der Waals surface area contributed by atoms with Crippen LogP contribution in [0.4, 0.5) is 0 Å². The Bertz CT molecular complexity index is 523. The third kappa shape index (κ3) is 4.51. The lowest BCUT2D eigenvalue weighted by Crippen LogP contribution is -2.51. The molecule has 114 valence electrons. The number of nitrogens with zero attached hydrogens (tertiary/aromatic N) is 2. The van der Waals surface area contributed by atoms with E-state index in [1.165, 1.54) is 6.92 Å². The van der Waals surface area contributed by atoms with Crippen LogP contribution in [0.5, 0.6) is 5.75 Å². The van der Waals surface area contributed by atoms with Crippen molar-refractivity contribution in [2.24, 2.45) is 0 Å². The van der Waals surface area contributed by atoms with Gasteiger partial charge in [-0.3, -0.25) is 9.59 Å². The van der Waals surface area contributed by atoms with Gasteiger partial charge in [0.25, 0.3) is 5.91 Å². The van der Waals surface area contributed by atoms with Crippen molar-refractivity contribution in [1.29, 1.82) is 0 Å². The molecule has 0 spiro atoms. The number of ether oxygens (including phenoxy) is 1. The molecule has 1 saturated heterocycles. The Morgan fingerprint density at radius 1 is 1.05 bits per heavy atom. The van der Waals surface area contributed by atoms with Crippen LogP contribution in [0.3, 0.4) is 0 Å². The summed E-state index contributed by atoms with van der Waals surface area (Å²) in [4.78, 5) is 26.7. The average Bonchev–Trinajstić information content (AvgIpc) is 2.44. The molecule has 0 atom stereocenters. The van der Waals surface area contributed by atoms with Gasteiger partial charge in [-0.05, 0) is 18.2 Å². The molecular formula is C14H16Cl2N2O3. The molecule has 0 aliphatic carbocycles. The highest BCUT2D eigenvalue weighted by molar-refractivity contribution is 6.34. The first kappa shape index (κ1) is 15.9. The molecule has 7 heteroatoms. The molecule has 1 aliphatic heterocycles. The van der Waals surface area contributed by atoms with Crippen LogP contribution in [0, 0.1) is 0 Å². The highest BCUT2D eigenvalue weighted by atomic mass is 35.5. The first-order valence-electron chi connectivity index (χ1n) is 6.58. The fourth-order valence-electron chi connectivity index (χ4n) is 2.12. The van der Waals surface area contributed by atoms with Crippen LogP contribution in [0.2, 0.25) is 10.0 Å². The predicted molar refractivity (Wildman–Crippen MR) is 80.8 cm³/mol. The molecular weight excluding hydrogens is 315 g/mol. The second kappa shape index (κ2) is 7.00. The zero-order valence-electron chi connectivity index (χ0n) is 11.6. The molecule has 1 aliphatic rings. The fraction of sp³-hybridized carbons (Fsp3) is 0.429. The minimum atomic E-state index is -0.116. The monoisotopic (exact) mass is 330 g/mol. The van der Waals surface area contributed by atoms with Crippen LogP contribution >= 0.6 is 23.2 Å². The topological polar surface area (TPSA) is 49.9 Å². The number of carbonyl (C=O) groups is 2. The lowest BCUT2D eigenvalue weighted by Gasteiger charge is -2.34. The van der Waals surface area contributed by atoms with E-state index in [-0.39, 0.29) is 18.4 Å². The van der Waals surface area contributed by atoms with Crippen LogP contribution in [0.15, 0.2) is 18.2 Å². The van der Waals surface area contributed by atoms with Gasteiger partial charge >= 0.3 is 0 Å². The van der Waals surface area contributed by atoms with E-state index in [1.54, 1.807) is 28.0 Å². The van der Waals surface area contributed by atoms with Gasteiger partial charge in [-0.25, -0.2) is 0 Å². The smallest absolute Gasteiger partial charge is 0.260 e. The Hall–Kier alpha value is -1.46. The summed E-state index contributed by atoms with van der Waals surface area (Å²) in [5, 5.41) is 0.917. The molecule has 0 unspecified atom stereocenters. The summed E-state index contributed by atoms with van der Waals surface area (Å²) >= 11 is 11.7. The van der Waals surface area contributed by atoms with Gasteiger partial charge in [0.2, 0.25) is 5.91 Å². The largest absolute Gasteiger partial charge is 0.484 e. The highest BCUT2D eigenvalue weighted by Gasteiger charge is 2.22. The third-order valence-electron chi connectivity index (χ3n) is 3.28. The van der Waals surface area contributed by atoms with Crippen LogP contribution in [-0.2, 0) is 9.59 Å². The van der Waals surface area contributed by atoms with Gasteiger partial charge in [-0.1, -0.05) is 23.2 Å². The number of halogens is 2. The van der Waals surface area contributed by atoms with Crippen molar-refractivity contribution in [3.05, 3.63) is 28.2 Å². The van der Waals surface area contributed by atoms with Gasteiger partial charge in [0.15, 0.2) is 6.61 Å². The summed E-state index contributed by atoms with van der Waals surface area (Å²) in [7, 11) is 0. The molecule has 0 radical (unpaired) electrons. The van der Waals surface area contributed by atoms with E-state index < -0.39 is 0 Å². The van der Waals surface area contributed by atoms with E-state index >= 15 is 0 Å². The fourth-order valence-corrected chi connectivity index (χ4v) is 2.62. The van der Waals surface area contributed by atoms with Crippen molar-refractivity contribution in [3.8, 4) is 5.75 Å². The number of hydrogen-bond donors (Lipinski definition) is 0. The molecule has 0 aromatic heterocycles. The number of benzene rings is 1. The van der Waals surface area contributed by atoms with Crippen LogP contribution in [0.1, 0.15) is 6.92 Å². The van der Waals surface area contributed by atoms with Crippen molar-refractivity contribution >= 4 is 35.0 Å². The summed E-state index contributed by atoms with van der Waals surface area (Å²) in [6, 6.07) is 4.81. The van der Waals surface area contributed by atoms with Crippen molar-refractivity contribution in [2.75, 3.05) is 32.8 Å². The van der Waals surface area contributed by atoms with Crippen LogP contribution < -0.4 is 4.74 Å². The molecule has 1 heterocycles. The molecule has 1 aromatic rings. The predicted octanol–water partition coefficient (Wildman–Crippen LogP) is 2.06. The van der Waals surface area contributed by atoms with Gasteiger partial charge in [0.1, 0.15) is 5.75 Å². The van der Waals surface area contributed by atoms with Crippen molar-refractivity contribution in [3.63, 3.8) is 0 Å². The van der Waals surface area contributed by atoms with Crippen molar-refractivity contribution < 1.29 is 14.3 Å². The SMILES string of the molecule is CC(=O)N1CCN(C(=O)COc2cc(Cl)cc(Cl)c2)CC1. The van der Waals surface area contributed by atoms with E-state index in [2.05, 4.69) is 0 Å². The summed E-state index contributed by atoms with van der Waals surface area (Å²) < 4.78 is 5.42. The Kier molecular flexibility index (Phi) is 5.31. The van der Waals surface area contributed by atoms with Crippen molar-refractivity contribution in [1.82, 2.24) is 9.80 Å². The summed E-state index contributed by atoms with van der Waals surface area (Å²) in [6.45, 7) is 3.63. The minimum Gasteiger partial charge on any atom is -0.484 e. The van der Waals surface area contributed by atoms with Gasteiger partial charge in [0, 0.05) is 43.1 Å². The van der Waals surface area contributed by atoms with E-state index in [0.29, 0.717) is 42.0 Å². The normalized spacial score (nSPS) is 15.0. The van der Waals surface area contributed by atoms with E-state index in [9.17, 15) is 9.59 Å². The summed E-state index contributed by atoms with van der Waals surface area (Å²) in [5.41, 5.74) is 0. The maximum atomic E-state index is 12.0. The highest BCUT2D eigenvalue weighted by Crippen LogP contribution is 2.24. The number of amides is 2. The lowest BCUT2D eigenvalue weighted by atomic mass is 10.3. The maximum Gasteiger partial charge on any atom is 0.260 e. The average molecular weight is 331 g/mol. The molecule has 0 bridgehead atoms. The Morgan fingerprint density at radius 3 is 2.10 bits per heavy atom. The first-order valence-corrected chi connectivity index (χ1v) is 7.33. The molecule has 0 N–H and O–H groups in total. The number of rotatable bonds is 3. The second-order valence-corrected chi connectivity index (χ2v) is 5.65. The first-order chi connectivity index (χ1) is 9.95. The second-order valence-electron chi connectivity index (χ2n) is 4.78. The van der Waals surface area contributed by atoms with Crippen molar-refractivity contribution in [2.45, 2.75) is 6.92 Å². The quantitative estimate of drug-likeness (QED) is 0.852. The number of hydrogen-bond acceptors (Lipinski definition) is 3. The molecule has 1 aromatic carbocycles. The zero-order valence-corrected chi connectivity index (χ0v) is 13.2. The van der Waals surface area contributed by atoms with E-state index in [4.69, 9.17) is 27.9 Å². The maximum absolute atomic E-state index is 12.0. The van der Waals surface area contributed by atoms with Crippen LogP contribution in [0.25, 0.3) is 0 Å². The number of piperazine rings is 1. The molecule has 5 nitrogen and oxygen atoms in total.